The zero-order valence-corrected chi connectivity index (χ0v) is 15.6. The summed E-state index contributed by atoms with van der Waals surface area (Å²) in [5, 5.41) is 8.30. The number of hydrogen-bond donors (Lipinski definition) is 0. The fraction of sp³-hybridized carbons (Fsp3) is 0.200. The van der Waals surface area contributed by atoms with Gasteiger partial charge < -0.3 is 4.57 Å². The van der Waals surface area contributed by atoms with Gasteiger partial charge in [-0.15, -0.1) is 0 Å². The minimum Gasteiger partial charge on any atom is -0.343 e. The molecule has 0 amide bonds. The van der Waals surface area contributed by atoms with Gasteiger partial charge in [-0.2, -0.15) is 0 Å². The van der Waals surface area contributed by atoms with Gasteiger partial charge in [-0.1, -0.05) is 62.4 Å². The van der Waals surface area contributed by atoms with Gasteiger partial charge in [0.15, 0.2) is 0 Å². The minimum atomic E-state index is 1.05. The highest BCUT2D eigenvalue weighted by atomic mass is 14.9. The molecule has 0 fully saturated rings. The van der Waals surface area contributed by atoms with Gasteiger partial charge in [-0.25, -0.2) is 0 Å². The molecule has 1 heterocycles. The maximum Gasteiger partial charge on any atom is 0.0568 e. The smallest absolute Gasteiger partial charge is 0.0568 e. The summed E-state index contributed by atoms with van der Waals surface area (Å²) in [6.45, 7) is 4.51. The van der Waals surface area contributed by atoms with E-state index in [2.05, 4.69) is 86.1 Å². The third-order valence-corrected chi connectivity index (χ3v) is 5.94. The van der Waals surface area contributed by atoms with Gasteiger partial charge in [-0.3, -0.25) is 0 Å². The highest BCUT2D eigenvalue weighted by Crippen LogP contribution is 2.40. The van der Waals surface area contributed by atoms with Gasteiger partial charge in [0, 0.05) is 28.7 Å². The SMILES string of the molecule is CCc1cc2c(c3ccccc13)c1cc(CC)c3ccccc3c1n2C. The molecule has 5 rings (SSSR count). The maximum atomic E-state index is 2.43. The van der Waals surface area contributed by atoms with Crippen molar-refractivity contribution in [1.82, 2.24) is 4.57 Å². The average molecular weight is 337 g/mol. The van der Waals surface area contributed by atoms with Crippen molar-refractivity contribution < 1.29 is 0 Å². The van der Waals surface area contributed by atoms with Crippen LogP contribution in [0.15, 0.2) is 60.7 Å². The lowest BCUT2D eigenvalue weighted by atomic mass is 9.95. The third-order valence-electron chi connectivity index (χ3n) is 5.94. The second-order valence-electron chi connectivity index (χ2n) is 7.22. The molecule has 128 valence electrons. The van der Waals surface area contributed by atoms with E-state index >= 15 is 0 Å². The molecule has 0 bridgehead atoms. The quantitative estimate of drug-likeness (QED) is 0.335. The Morgan fingerprint density at radius 3 is 1.85 bits per heavy atom. The van der Waals surface area contributed by atoms with E-state index in [1.807, 2.05) is 0 Å². The molecule has 26 heavy (non-hydrogen) atoms. The first kappa shape index (κ1) is 15.5. The molecule has 0 atom stereocenters. The summed E-state index contributed by atoms with van der Waals surface area (Å²) in [5.41, 5.74) is 5.56. The van der Waals surface area contributed by atoms with Crippen molar-refractivity contribution in [1.29, 1.82) is 0 Å². The van der Waals surface area contributed by atoms with E-state index in [0.717, 1.165) is 12.8 Å². The third kappa shape index (κ3) is 1.92. The van der Waals surface area contributed by atoms with Gasteiger partial charge in [0.2, 0.25) is 0 Å². The van der Waals surface area contributed by atoms with E-state index in [4.69, 9.17) is 0 Å². The molecule has 5 aromatic rings. The molecule has 0 aliphatic heterocycles. The summed E-state index contributed by atoms with van der Waals surface area (Å²) in [6.07, 6.45) is 2.11. The van der Waals surface area contributed by atoms with Crippen molar-refractivity contribution in [2.24, 2.45) is 7.05 Å². The first-order chi connectivity index (χ1) is 12.7. The lowest BCUT2D eigenvalue weighted by Crippen LogP contribution is -1.91. The Labute approximate surface area is 153 Å². The molecule has 1 nitrogen and oxygen atoms in total. The Morgan fingerprint density at radius 1 is 0.654 bits per heavy atom. The largest absolute Gasteiger partial charge is 0.343 e. The second kappa shape index (κ2) is 5.60. The molecule has 1 aromatic heterocycles. The van der Waals surface area contributed by atoms with Crippen molar-refractivity contribution in [2.45, 2.75) is 26.7 Å². The van der Waals surface area contributed by atoms with Crippen LogP contribution in [0.2, 0.25) is 0 Å². The summed E-state index contributed by atoms with van der Waals surface area (Å²) in [7, 11) is 2.22. The van der Waals surface area contributed by atoms with Gasteiger partial charge in [0.1, 0.15) is 0 Å². The Morgan fingerprint density at radius 2 is 1.19 bits per heavy atom. The number of hydrogen-bond acceptors (Lipinski definition) is 0. The Hall–Kier alpha value is -2.80. The summed E-state index contributed by atoms with van der Waals surface area (Å²) in [4.78, 5) is 0. The molecule has 0 spiro atoms. The van der Waals surface area contributed by atoms with Crippen LogP contribution in [-0.2, 0) is 19.9 Å². The number of aromatic nitrogens is 1. The first-order valence-electron chi connectivity index (χ1n) is 9.58. The van der Waals surface area contributed by atoms with Crippen LogP contribution in [0.5, 0.6) is 0 Å². The van der Waals surface area contributed by atoms with Gasteiger partial charge in [0.25, 0.3) is 0 Å². The van der Waals surface area contributed by atoms with Crippen LogP contribution in [0.1, 0.15) is 25.0 Å². The molecule has 0 radical (unpaired) electrons. The number of rotatable bonds is 2. The number of nitrogens with zero attached hydrogens (tertiary/aromatic N) is 1. The molecule has 0 saturated carbocycles. The monoisotopic (exact) mass is 337 g/mol. The normalized spacial score (nSPS) is 12.0. The predicted octanol–water partition coefficient (Wildman–Crippen LogP) is 6.76. The molecule has 0 aliphatic carbocycles. The van der Waals surface area contributed by atoms with Crippen molar-refractivity contribution in [3.63, 3.8) is 0 Å². The van der Waals surface area contributed by atoms with Crippen LogP contribution in [0.25, 0.3) is 43.4 Å². The Bertz CT molecular complexity index is 1300. The highest BCUT2D eigenvalue weighted by Gasteiger charge is 2.17. The zero-order chi connectivity index (χ0) is 17.8. The van der Waals surface area contributed by atoms with E-state index < -0.39 is 0 Å². The molecular weight excluding hydrogens is 314 g/mol. The predicted molar refractivity (Wildman–Crippen MR) is 114 cm³/mol. The standard InChI is InChI=1S/C25H23N/c1-4-16-14-22-24-20-12-8-6-10-18(20)17(5-2)15-23(24)26(3)25(22)21-13-9-7-11-19(16)21/h6-15H,4-5H2,1-3H3. The number of benzene rings is 4. The van der Waals surface area contributed by atoms with Crippen LogP contribution in [-0.4, -0.2) is 4.57 Å². The van der Waals surface area contributed by atoms with Crippen LogP contribution in [0, 0.1) is 0 Å². The number of fused-ring (bicyclic) bond motifs is 7. The maximum absolute atomic E-state index is 2.43. The molecule has 0 saturated heterocycles. The average Bonchev–Trinajstić information content (AvgIpc) is 2.99. The Kier molecular flexibility index (Phi) is 3.33. The molecule has 0 N–H and O–H groups in total. The van der Waals surface area contributed by atoms with Gasteiger partial charge in [-0.05, 0) is 52.3 Å². The number of aryl methyl sites for hydroxylation is 3. The van der Waals surface area contributed by atoms with Crippen molar-refractivity contribution in [3.05, 3.63) is 71.8 Å². The van der Waals surface area contributed by atoms with Gasteiger partial charge >= 0.3 is 0 Å². The molecule has 0 unspecified atom stereocenters. The van der Waals surface area contributed by atoms with E-state index in [1.54, 1.807) is 0 Å². The van der Waals surface area contributed by atoms with E-state index in [-0.39, 0.29) is 0 Å². The molecular formula is C25H23N. The van der Waals surface area contributed by atoms with Crippen LogP contribution in [0.3, 0.4) is 0 Å². The van der Waals surface area contributed by atoms with Crippen molar-refractivity contribution in [3.8, 4) is 0 Å². The lowest BCUT2D eigenvalue weighted by Gasteiger charge is -2.08. The second-order valence-corrected chi connectivity index (χ2v) is 7.22. The summed E-state index contributed by atoms with van der Waals surface area (Å²) in [5.74, 6) is 0. The van der Waals surface area contributed by atoms with E-state index in [0.29, 0.717) is 0 Å². The lowest BCUT2D eigenvalue weighted by molar-refractivity contribution is 1.01. The molecule has 1 heteroatoms. The minimum absolute atomic E-state index is 1.05. The Balaban J connectivity index is 2.14. The van der Waals surface area contributed by atoms with E-state index in [9.17, 15) is 0 Å². The summed E-state index contributed by atoms with van der Waals surface area (Å²) >= 11 is 0. The fourth-order valence-electron chi connectivity index (χ4n) is 4.67. The van der Waals surface area contributed by atoms with E-state index in [1.165, 1.54) is 54.5 Å². The molecule has 4 aromatic carbocycles. The van der Waals surface area contributed by atoms with Crippen molar-refractivity contribution >= 4 is 43.4 Å². The first-order valence-corrected chi connectivity index (χ1v) is 9.58. The van der Waals surface area contributed by atoms with Crippen LogP contribution in [0.4, 0.5) is 0 Å². The van der Waals surface area contributed by atoms with Crippen molar-refractivity contribution in [2.75, 3.05) is 0 Å². The fourth-order valence-corrected chi connectivity index (χ4v) is 4.67. The summed E-state index contributed by atoms with van der Waals surface area (Å²) < 4.78 is 2.40. The molecule has 0 aliphatic rings. The summed E-state index contributed by atoms with van der Waals surface area (Å²) in [6, 6.07) is 22.6. The van der Waals surface area contributed by atoms with Crippen LogP contribution >= 0.6 is 0 Å². The van der Waals surface area contributed by atoms with Crippen LogP contribution < -0.4 is 0 Å². The van der Waals surface area contributed by atoms with Gasteiger partial charge in [0.05, 0.1) is 5.52 Å². The topological polar surface area (TPSA) is 4.93 Å². The highest BCUT2D eigenvalue weighted by molar-refractivity contribution is 6.26. The zero-order valence-electron chi connectivity index (χ0n) is 15.6.